The van der Waals surface area contributed by atoms with Gasteiger partial charge in [0.15, 0.2) is 9.84 Å². The first-order chi connectivity index (χ1) is 10.0. The monoisotopic (exact) mass is 308 g/mol. The van der Waals surface area contributed by atoms with E-state index in [0.29, 0.717) is 23.9 Å². The van der Waals surface area contributed by atoms with Crippen molar-refractivity contribution in [1.82, 2.24) is 4.90 Å². The molecule has 116 valence electrons. The molecule has 0 bridgehead atoms. The minimum Gasteiger partial charge on any atom is -0.328 e. The summed E-state index contributed by atoms with van der Waals surface area (Å²) in [5, 5.41) is 0. The summed E-state index contributed by atoms with van der Waals surface area (Å²) in [5.41, 5.74) is 6.73. The Kier molecular flexibility index (Phi) is 3.84. The molecule has 5 heteroatoms. The van der Waals surface area contributed by atoms with Gasteiger partial charge in [-0.15, -0.1) is 0 Å². The van der Waals surface area contributed by atoms with Crippen LogP contribution in [0.4, 0.5) is 0 Å². The normalized spacial score (nSPS) is 28.7. The molecule has 2 aliphatic rings. The number of hydrogen-bond donors (Lipinski definition) is 1. The van der Waals surface area contributed by atoms with Crippen molar-refractivity contribution in [2.45, 2.75) is 48.6 Å². The lowest BCUT2D eigenvalue weighted by Gasteiger charge is -2.47. The van der Waals surface area contributed by atoms with Crippen LogP contribution in [0.25, 0.3) is 0 Å². The predicted molar refractivity (Wildman–Crippen MR) is 83.9 cm³/mol. The highest BCUT2D eigenvalue weighted by Gasteiger charge is 2.46. The average molecular weight is 308 g/mol. The quantitative estimate of drug-likeness (QED) is 0.926. The molecule has 0 saturated heterocycles. The summed E-state index contributed by atoms with van der Waals surface area (Å²) >= 11 is 0. The van der Waals surface area contributed by atoms with E-state index in [9.17, 15) is 8.42 Å². The van der Waals surface area contributed by atoms with Crippen LogP contribution in [0.2, 0.25) is 0 Å². The first-order valence-corrected chi connectivity index (χ1v) is 9.42. The van der Waals surface area contributed by atoms with Gasteiger partial charge in [0.1, 0.15) is 0 Å². The van der Waals surface area contributed by atoms with Crippen molar-refractivity contribution in [3.8, 4) is 0 Å². The van der Waals surface area contributed by atoms with Crippen molar-refractivity contribution >= 4 is 9.84 Å². The summed E-state index contributed by atoms with van der Waals surface area (Å²) in [4.78, 5) is 2.85. The number of rotatable bonds is 3. The van der Waals surface area contributed by atoms with Crippen molar-refractivity contribution in [3.63, 3.8) is 0 Å². The number of nitrogens with zero attached hydrogens (tertiary/aromatic N) is 1. The smallest absolute Gasteiger partial charge is 0.178 e. The number of benzene rings is 1. The Bertz CT molecular complexity index is 623. The predicted octanol–water partition coefficient (Wildman–Crippen LogP) is 1.89. The molecule has 3 rings (SSSR count). The lowest BCUT2D eigenvalue weighted by molar-refractivity contribution is 0.0689. The van der Waals surface area contributed by atoms with Gasteiger partial charge in [-0.2, -0.15) is 0 Å². The minimum absolute atomic E-state index is 0.193. The number of nitrogens with two attached hydrogens (primary N) is 1. The molecule has 1 saturated carbocycles. The molecule has 1 aromatic rings. The van der Waals surface area contributed by atoms with Crippen LogP contribution < -0.4 is 5.73 Å². The zero-order valence-corrected chi connectivity index (χ0v) is 13.4. The molecule has 2 N–H and O–H groups in total. The Balaban J connectivity index is 2.10. The van der Waals surface area contributed by atoms with Crippen LogP contribution >= 0.6 is 0 Å². The lowest BCUT2D eigenvalue weighted by Crippen LogP contribution is -2.55. The highest BCUT2D eigenvalue weighted by atomic mass is 32.2. The molecule has 1 fully saturated rings. The van der Waals surface area contributed by atoms with Crippen molar-refractivity contribution in [1.29, 1.82) is 0 Å². The van der Waals surface area contributed by atoms with Crippen LogP contribution in [0.5, 0.6) is 0 Å². The molecule has 1 aliphatic heterocycles. The highest BCUT2D eigenvalue weighted by molar-refractivity contribution is 7.91. The van der Waals surface area contributed by atoms with Crippen LogP contribution in [0.1, 0.15) is 37.7 Å². The maximum Gasteiger partial charge on any atom is 0.178 e. The third-order valence-electron chi connectivity index (χ3n) is 5.39. The maximum absolute atomic E-state index is 12.4. The van der Waals surface area contributed by atoms with Gasteiger partial charge in [0, 0.05) is 12.6 Å². The van der Waals surface area contributed by atoms with E-state index in [-0.39, 0.29) is 11.3 Å². The first-order valence-electron chi connectivity index (χ1n) is 7.76. The Morgan fingerprint density at radius 2 is 1.95 bits per heavy atom. The van der Waals surface area contributed by atoms with Gasteiger partial charge in [-0.25, -0.2) is 8.42 Å². The van der Waals surface area contributed by atoms with E-state index in [1.807, 2.05) is 12.1 Å². The SMILES string of the molecule is CN(C1CCCC1)C1(CN)CCS(=O)(=O)c2ccccc21. The number of likely N-dealkylation sites (N-methyl/N-ethyl adjacent to an activating group) is 1. The van der Waals surface area contributed by atoms with Crippen molar-refractivity contribution in [2.75, 3.05) is 19.3 Å². The Morgan fingerprint density at radius 3 is 2.62 bits per heavy atom. The minimum atomic E-state index is -3.16. The first kappa shape index (κ1) is 15.0. The second-order valence-electron chi connectivity index (χ2n) is 6.35. The van der Waals surface area contributed by atoms with Gasteiger partial charge in [0.25, 0.3) is 0 Å². The molecule has 0 radical (unpaired) electrons. The standard InChI is InChI=1S/C16H24N2O2S/c1-18(13-6-2-3-7-13)16(12-17)10-11-21(19,20)15-9-5-4-8-14(15)16/h4-5,8-9,13H,2-3,6-7,10-12,17H2,1H3. The molecule has 1 unspecified atom stereocenters. The van der Waals surface area contributed by atoms with Gasteiger partial charge in [-0.3, -0.25) is 4.90 Å². The molecule has 1 atom stereocenters. The summed E-state index contributed by atoms with van der Waals surface area (Å²) in [6.07, 6.45) is 5.49. The molecule has 1 aliphatic carbocycles. The lowest BCUT2D eigenvalue weighted by atomic mass is 9.83. The molecule has 0 spiro atoms. The molecule has 1 aromatic carbocycles. The van der Waals surface area contributed by atoms with Crippen LogP contribution in [-0.2, 0) is 15.4 Å². The van der Waals surface area contributed by atoms with Crippen molar-refractivity contribution in [3.05, 3.63) is 29.8 Å². The molecular formula is C16H24N2O2S. The fourth-order valence-electron chi connectivity index (χ4n) is 4.03. The Labute approximate surface area is 127 Å². The highest BCUT2D eigenvalue weighted by Crippen LogP contribution is 2.42. The topological polar surface area (TPSA) is 63.4 Å². The second kappa shape index (κ2) is 5.38. The van der Waals surface area contributed by atoms with E-state index >= 15 is 0 Å². The third kappa shape index (κ3) is 2.31. The number of fused-ring (bicyclic) bond motifs is 1. The Hall–Kier alpha value is -0.910. The Morgan fingerprint density at radius 1 is 1.29 bits per heavy atom. The van der Waals surface area contributed by atoms with Crippen LogP contribution in [0.15, 0.2) is 29.2 Å². The van der Waals surface area contributed by atoms with E-state index in [4.69, 9.17) is 5.73 Å². The van der Waals surface area contributed by atoms with E-state index in [1.54, 1.807) is 12.1 Å². The summed E-state index contributed by atoms with van der Waals surface area (Å²) in [6.45, 7) is 0.465. The largest absolute Gasteiger partial charge is 0.328 e. The van der Waals surface area contributed by atoms with Crippen molar-refractivity contribution in [2.24, 2.45) is 5.73 Å². The maximum atomic E-state index is 12.4. The molecule has 0 amide bonds. The van der Waals surface area contributed by atoms with Gasteiger partial charge in [0.2, 0.25) is 0 Å². The molecule has 1 heterocycles. The third-order valence-corrected chi connectivity index (χ3v) is 7.16. The molecule has 0 aromatic heterocycles. The zero-order valence-electron chi connectivity index (χ0n) is 12.6. The van der Waals surface area contributed by atoms with Gasteiger partial charge < -0.3 is 5.73 Å². The summed E-state index contributed by atoms with van der Waals surface area (Å²) in [6, 6.07) is 7.93. The second-order valence-corrected chi connectivity index (χ2v) is 8.43. The van der Waals surface area contributed by atoms with E-state index in [0.717, 1.165) is 5.56 Å². The van der Waals surface area contributed by atoms with Crippen LogP contribution in [-0.4, -0.2) is 38.7 Å². The zero-order chi connectivity index (χ0) is 15.1. The van der Waals surface area contributed by atoms with E-state index in [2.05, 4.69) is 11.9 Å². The number of sulfone groups is 1. The number of hydrogen-bond acceptors (Lipinski definition) is 4. The summed E-state index contributed by atoms with van der Waals surface area (Å²) < 4.78 is 24.7. The van der Waals surface area contributed by atoms with Gasteiger partial charge in [-0.1, -0.05) is 31.0 Å². The molecular weight excluding hydrogens is 284 g/mol. The fraction of sp³-hybridized carbons (Fsp3) is 0.625. The van der Waals surface area contributed by atoms with Gasteiger partial charge in [-0.05, 0) is 37.9 Å². The van der Waals surface area contributed by atoms with E-state index in [1.165, 1.54) is 25.7 Å². The van der Waals surface area contributed by atoms with Crippen molar-refractivity contribution < 1.29 is 8.42 Å². The van der Waals surface area contributed by atoms with Gasteiger partial charge in [0.05, 0.1) is 16.2 Å². The molecule has 4 nitrogen and oxygen atoms in total. The van der Waals surface area contributed by atoms with E-state index < -0.39 is 9.84 Å². The van der Waals surface area contributed by atoms with Gasteiger partial charge >= 0.3 is 0 Å². The molecule has 21 heavy (non-hydrogen) atoms. The summed E-state index contributed by atoms with van der Waals surface area (Å²) in [5.74, 6) is 0.193. The average Bonchev–Trinajstić information content (AvgIpc) is 3.02. The fourth-order valence-corrected chi connectivity index (χ4v) is 5.74. The van der Waals surface area contributed by atoms with Crippen LogP contribution in [0, 0.1) is 0 Å². The van der Waals surface area contributed by atoms with Crippen LogP contribution in [0.3, 0.4) is 0 Å². The summed E-state index contributed by atoms with van der Waals surface area (Å²) in [7, 11) is -1.04.